The van der Waals surface area contributed by atoms with Gasteiger partial charge in [-0.1, -0.05) is 26.7 Å². The van der Waals surface area contributed by atoms with Gasteiger partial charge in [-0.3, -0.25) is 9.97 Å². The summed E-state index contributed by atoms with van der Waals surface area (Å²) in [5.41, 5.74) is 3.57. The fourth-order valence-electron chi connectivity index (χ4n) is 3.80. The van der Waals surface area contributed by atoms with Crippen molar-refractivity contribution >= 4 is 7.69 Å². The van der Waals surface area contributed by atoms with Crippen LogP contribution in [-0.4, -0.2) is 56.3 Å². The first-order chi connectivity index (χ1) is 18.0. The van der Waals surface area contributed by atoms with Gasteiger partial charge in [-0.05, 0) is 64.8 Å². The Labute approximate surface area is 223 Å². The van der Waals surface area contributed by atoms with Crippen LogP contribution in [0.3, 0.4) is 0 Å². The SMILES string of the molecule is CCCc1nc(COC[C@@H](C)OCC)ccc1OBOc1ccc(COC[C@@H](C)OCC)nc1CCC. The summed E-state index contributed by atoms with van der Waals surface area (Å²) in [6.45, 7) is 15.5. The number of hydrogen-bond donors (Lipinski definition) is 0. The standard InChI is InChI=1S/C28H45BN2O6/c1-7-11-25-27(15-13-23(30-25)19-32-17-21(5)34-9-3)36-29-37-28-16-14-24(31-26(28)12-8-2)20-33-18-22(6)35-10-4/h13-16,21-22,29H,7-12,17-20H2,1-6H3/t21-,22-/m1/s1. The lowest BCUT2D eigenvalue weighted by Gasteiger charge is -2.15. The van der Waals surface area contributed by atoms with Crippen LogP contribution in [0.2, 0.25) is 0 Å². The molecule has 0 fully saturated rings. The van der Waals surface area contributed by atoms with Gasteiger partial charge in [-0.15, -0.1) is 0 Å². The van der Waals surface area contributed by atoms with Crippen molar-refractivity contribution in [3.63, 3.8) is 0 Å². The lowest BCUT2D eigenvalue weighted by atomic mass is 10.1. The molecular formula is C28H45BN2O6. The quantitative estimate of drug-likeness (QED) is 0.228. The molecule has 2 atom stereocenters. The van der Waals surface area contributed by atoms with Crippen LogP contribution in [0, 0.1) is 0 Å². The van der Waals surface area contributed by atoms with Crippen LogP contribution < -0.4 is 9.31 Å². The van der Waals surface area contributed by atoms with E-state index < -0.39 is 0 Å². The van der Waals surface area contributed by atoms with Crippen molar-refractivity contribution in [1.82, 2.24) is 9.97 Å². The zero-order valence-corrected chi connectivity index (χ0v) is 23.6. The van der Waals surface area contributed by atoms with Crippen LogP contribution in [0.1, 0.15) is 77.2 Å². The molecule has 2 rings (SSSR count). The number of hydrogen-bond acceptors (Lipinski definition) is 8. The predicted octanol–water partition coefficient (Wildman–Crippen LogP) is 4.99. The molecule has 0 N–H and O–H groups in total. The minimum absolute atomic E-state index is 0.0673. The van der Waals surface area contributed by atoms with Crippen LogP contribution in [-0.2, 0) is 45.0 Å². The fraction of sp³-hybridized carbons (Fsp3) is 0.643. The normalized spacial score (nSPS) is 12.8. The summed E-state index contributed by atoms with van der Waals surface area (Å²) >= 11 is 0. The maximum Gasteiger partial charge on any atom is 0.576 e. The Hall–Kier alpha value is -2.20. The van der Waals surface area contributed by atoms with Crippen LogP contribution in [0.5, 0.6) is 11.5 Å². The maximum absolute atomic E-state index is 5.99. The Morgan fingerprint density at radius 3 is 1.49 bits per heavy atom. The zero-order chi connectivity index (χ0) is 26.9. The van der Waals surface area contributed by atoms with Crippen molar-refractivity contribution < 1.29 is 28.3 Å². The molecule has 8 nitrogen and oxygen atoms in total. The molecule has 0 aliphatic heterocycles. The van der Waals surface area contributed by atoms with Gasteiger partial charge in [0.2, 0.25) is 0 Å². The lowest BCUT2D eigenvalue weighted by Crippen LogP contribution is -2.17. The summed E-state index contributed by atoms with van der Waals surface area (Å²) in [7, 11) is 0.0836. The van der Waals surface area contributed by atoms with E-state index in [-0.39, 0.29) is 19.9 Å². The highest BCUT2D eigenvalue weighted by Gasteiger charge is 2.12. The monoisotopic (exact) mass is 516 g/mol. The van der Waals surface area contributed by atoms with E-state index in [4.69, 9.17) is 38.2 Å². The van der Waals surface area contributed by atoms with E-state index in [0.717, 1.165) is 60.0 Å². The first-order valence-corrected chi connectivity index (χ1v) is 13.6. The van der Waals surface area contributed by atoms with Crippen LogP contribution in [0.15, 0.2) is 24.3 Å². The highest BCUT2D eigenvalue weighted by molar-refractivity contribution is 6.20. The van der Waals surface area contributed by atoms with Gasteiger partial charge in [-0.25, -0.2) is 0 Å². The van der Waals surface area contributed by atoms with Gasteiger partial charge in [0.15, 0.2) is 0 Å². The van der Waals surface area contributed by atoms with E-state index in [0.29, 0.717) is 39.6 Å². The van der Waals surface area contributed by atoms with Crippen LogP contribution >= 0.6 is 0 Å². The van der Waals surface area contributed by atoms with Gasteiger partial charge in [-0.2, -0.15) is 0 Å². The number of rotatable bonds is 20. The van der Waals surface area contributed by atoms with Crippen molar-refractivity contribution in [2.75, 3.05) is 26.4 Å². The second kappa shape index (κ2) is 18.1. The third-order valence-corrected chi connectivity index (χ3v) is 5.49. The topological polar surface area (TPSA) is 81.2 Å². The van der Waals surface area contributed by atoms with Gasteiger partial charge in [0.25, 0.3) is 0 Å². The Balaban J connectivity index is 1.93. The number of nitrogens with zero attached hydrogens (tertiary/aromatic N) is 2. The van der Waals surface area contributed by atoms with Crippen molar-refractivity contribution in [2.45, 2.75) is 92.6 Å². The Bertz CT molecular complexity index is 829. The molecule has 0 unspecified atom stereocenters. The van der Waals surface area contributed by atoms with E-state index in [1.807, 2.05) is 52.0 Å². The number of ether oxygens (including phenoxy) is 4. The van der Waals surface area contributed by atoms with Gasteiger partial charge in [0.1, 0.15) is 11.5 Å². The van der Waals surface area contributed by atoms with E-state index in [2.05, 4.69) is 13.8 Å². The molecule has 0 aliphatic rings. The summed E-state index contributed by atoms with van der Waals surface area (Å²) in [5.74, 6) is 1.46. The Morgan fingerprint density at radius 2 is 1.11 bits per heavy atom. The summed E-state index contributed by atoms with van der Waals surface area (Å²) in [6.07, 6.45) is 3.70. The zero-order valence-electron chi connectivity index (χ0n) is 23.6. The molecule has 0 bridgehead atoms. The lowest BCUT2D eigenvalue weighted by molar-refractivity contribution is -0.00795. The van der Waals surface area contributed by atoms with E-state index in [9.17, 15) is 0 Å². The number of aromatic nitrogens is 2. The van der Waals surface area contributed by atoms with Gasteiger partial charge >= 0.3 is 7.69 Å². The molecule has 0 aliphatic carbocycles. The van der Waals surface area contributed by atoms with Gasteiger partial charge in [0.05, 0.1) is 61.4 Å². The summed E-state index contributed by atoms with van der Waals surface area (Å²) in [6, 6.07) is 7.76. The minimum Gasteiger partial charge on any atom is -0.527 e. The highest BCUT2D eigenvalue weighted by atomic mass is 16.6. The average molecular weight is 516 g/mol. The summed E-state index contributed by atoms with van der Waals surface area (Å²) in [4.78, 5) is 9.52. The molecule has 206 valence electrons. The van der Waals surface area contributed by atoms with Crippen molar-refractivity contribution in [3.05, 3.63) is 47.0 Å². The van der Waals surface area contributed by atoms with Crippen molar-refractivity contribution in [3.8, 4) is 11.5 Å². The smallest absolute Gasteiger partial charge is 0.527 e. The van der Waals surface area contributed by atoms with Gasteiger partial charge < -0.3 is 28.3 Å². The molecule has 0 saturated carbocycles. The average Bonchev–Trinajstić information content (AvgIpc) is 2.87. The minimum atomic E-state index is 0.0673. The van der Waals surface area contributed by atoms with Gasteiger partial charge in [0, 0.05) is 13.2 Å². The molecule has 37 heavy (non-hydrogen) atoms. The first-order valence-electron chi connectivity index (χ1n) is 13.6. The second-order valence-electron chi connectivity index (χ2n) is 8.96. The highest BCUT2D eigenvalue weighted by Crippen LogP contribution is 2.22. The molecule has 2 aromatic rings. The third-order valence-electron chi connectivity index (χ3n) is 5.49. The number of aryl methyl sites for hydroxylation is 2. The second-order valence-corrected chi connectivity index (χ2v) is 8.96. The molecular weight excluding hydrogens is 471 g/mol. The van der Waals surface area contributed by atoms with E-state index >= 15 is 0 Å². The largest absolute Gasteiger partial charge is 0.576 e. The van der Waals surface area contributed by atoms with Crippen molar-refractivity contribution in [1.29, 1.82) is 0 Å². The Morgan fingerprint density at radius 1 is 0.676 bits per heavy atom. The summed E-state index contributed by atoms with van der Waals surface area (Å²) < 4.78 is 34.5. The number of pyridine rings is 2. The molecule has 2 aromatic heterocycles. The van der Waals surface area contributed by atoms with Crippen LogP contribution in [0.25, 0.3) is 0 Å². The fourth-order valence-corrected chi connectivity index (χ4v) is 3.80. The molecule has 0 spiro atoms. The summed E-state index contributed by atoms with van der Waals surface area (Å²) in [5, 5.41) is 0. The van der Waals surface area contributed by atoms with Crippen LogP contribution in [0.4, 0.5) is 0 Å². The third kappa shape index (κ3) is 11.8. The van der Waals surface area contributed by atoms with E-state index in [1.54, 1.807) is 0 Å². The van der Waals surface area contributed by atoms with E-state index in [1.165, 1.54) is 0 Å². The molecule has 2 heterocycles. The molecule has 0 aromatic carbocycles. The predicted molar refractivity (Wildman–Crippen MR) is 146 cm³/mol. The Kier molecular flexibility index (Phi) is 15.2. The molecule has 0 saturated heterocycles. The molecule has 9 heteroatoms. The maximum atomic E-state index is 5.99. The molecule has 0 radical (unpaired) electrons. The first kappa shape index (κ1) is 31.0. The van der Waals surface area contributed by atoms with Crippen molar-refractivity contribution in [2.24, 2.45) is 0 Å². The molecule has 0 amide bonds.